The molecule has 12 heteroatoms. The van der Waals surface area contributed by atoms with E-state index in [-0.39, 0.29) is 59.8 Å². The normalized spacial score (nSPS) is 12.8. The second-order valence-electron chi connectivity index (χ2n) is 11.1. The van der Waals surface area contributed by atoms with Gasteiger partial charge in [0, 0.05) is 29.3 Å². The van der Waals surface area contributed by atoms with Crippen molar-refractivity contribution in [3.8, 4) is 11.5 Å². The monoisotopic (exact) mass is 664 g/mol. The van der Waals surface area contributed by atoms with E-state index in [0.717, 1.165) is 6.07 Å². The van der Waals surface area contributed by atoms with Gasteiger partial charge in [0.1, 0.15) is 24.7 Å². The highest BCUT2D eigenvalue weighted by molar-refractivity contribution is 5.99. The quantitative estimate of drug-likeness (QED) is 0.0705. The molecule has 0 radical (unpaired) electrons. The minimum Gasteiger partial charge on any atom is -0.497 e. The minimum atomic E-state index is -1.51. The minimum absolute atomic E-state index is 0.0146. The van der Waals surface area contributed by atoms with Crippen molar-refractivity contribution < 1.29 is 43.0 Å². The summed E-state index contributed by atoms with van der Waals surface area (Å²) in [7, 11) is 1.36. The Morgan fingerprint density at radius 3 is 2.14 bits per heavy atom. The maximum absolute atomic E-state index is 14.1. The number of nitrogens with zero attached hydrogens (tertiary/aromatic N) is 1. The van der Waals surface area contributed by atoms with E-state index >= 15 is 0 Å². The van der Waals surface area contributed by atoms with Crippen LogP contribution in [-0.4, -0.2) is 35.8 Å². The van der Waals surface area contributed by atoms with Crippen molar-refractivity contribution in [3.63, 3.8) is 0 Å². The van der Waals surface area contributed by atoms with E-state index < -0.39 is 46.8 Å². The molecular weight excluding hydrogens is 632 g/mol. The van der Waals surface area contributed by atoms with Crippen LogP contribution < -0.4 is 15.2 Å². The van der Waals surface area contributed by atoms with Crippen molar-refractivity contribution in [3.05, 3.63) is 146 Å². The van der Waals surface area contributed by atoms with E-state index in [1.165, 1.54) is 25.3 Å². The van der Waals surface area contributed by atoms with Crippen LogP contribution in [0.5, 0.6) is 11.5 Å². The van der Waals surface area contributed by atoms with E-state index in [1.54, 1.807) is 66.7 Å². The summed E-state index contributed by atoms with van der Waals surface area (Å²) >= 11 is 0. The van der Waals surface area contributed by atoms with Crippen LogP contribution in [0, 0.1) is 10.1 Å². The van der Waals surface area contributed by atoms with Gasteiger partial charge in [-0.15, -0.1) is 0 Å². The topological polar surface area (TPSA) is 174 Å². The molecule has 1 atom stereocenters. The molecule has 0 saturated carbocycles. The Morgan fingerprint density at radius 2 is 1.53 bits per heavy atom. The number of fused-ring (bicyclic) bond motifs is 2. The van der Waals surface area contributed by atoms with Crippen LogP contribution in [0.2, 0.25) is 0 Å². The van der Waals surface area contributed by atoms with E-state index in [4.69, 9.17) is 24.7 Å². The van der Waals surface area contributed by atoms with Gasteiger partial charge in [-0.25, -0.2) is 4.79 Å². The summed E-state index contributed by atoms with van der Waals surface area (Å²) in [6.07, 6.45) is 2.92. The van der Waals surface area contributed by atoms with Gasteiger partial charge >= 0.3 is 17.9 Å². The van der Waals surface area contributed by atoms with Crippen LogP contribution >= 0.6 is 0 Å². The Balaban J connectivity index is 1.60. The molecule has 2 N–H and O–H groups in total. The molecule has 0 spiro atoms. The number of non-ortho nitro benzene ring substituents is 1. The standard InChI is InChI=1S/C37H32N2O10/c1-46-27-18-30(35(38)41)28-15-9-8-14-25-16-26(39(44)45)17-29(34(25)37(43)49-32(28)19-27)31(36(42)48-22-24-12-6-3-7-13-24)20-33(40)47-21-23-10-4-2-5-11-23/h2-13,16-19,31H,14-15,20-22H2,1H3,(H2,38,41)/t31-/m0/s1. The van der Waals surface area contributed by atoms with Crippen molar-refractivity contribution >= 4 is 29.5 Å². The van der Waals surface area contributed by atoms with Gasteiger partial charge in [0.2, 0.25) is 5.91 Å². The van der Waals surface area contributed by atoms with E-state index in [1.807, 2.05) is 6.07 Å². The Bertz CT molecular complexity index is 1920. The summed E-state index contributed by atoms with van der Waals surface area (Å²) in [6.45, 7) is -0.255. The third kappa shape index (κ3) is 8.35. The number of methoxy groups -OCH3 is 1. The molecule has 250 valence electrons. The SMILES string of the molecule is COc1cc2c(c(C(N)=O)c1)CC=CCc1cc([N+](=O)[O-])cc([C@H](CC(=O)OCc3ccccc3)C(=O)OCc3ccccc3)c1C(=O)O2. The zero-order valence-corrected chi connectivity index (χ0v) is 26.5. The predicted molar refractivity (Wildman–Crippen MR) is 176 cm³/mol. The van der Waals surface area contributed by atoms with Gasteiger partial charge < -0.3 is 24.7 Å². The molecule has 0 unspecified atom stereocenters. The molecule has 1 aliphatic rings. The first-order valence-electron chi connectivity index (χ1n) is 15.2. The summed E-state index contributed by atoms with van der Waals surface area (Å²) in [5, 5.41) is 12.1. The fourth-order valence-corrected chi connectivity index (χ4v) is 5.43. The highest BCUT2D eigenvalue weighted by atomic mass is 16.6. The second-order valence-corrected chi connectivity index (χ2v) is 11.1. The lowest BCUT2D eigenvalue weighted by molar-refractivity contribution is -0.385. The molecule has 1 heterocycles. The molecule has 1 amide bonds. The number of benzene rings is 4. The molecule has 4 aromatic rings. The molecule has 4 aromatic carbocycles. The van der Waals surface area contributed by atoms with Crippen LogP contribution in [0.1, 0.15) is 60.9 Å². The number of esters is 3. The van der Waals surface area contributed by atoms with Crippen molar-refractivity contribution in [2.24, 2.45) is 5.73 Å². The maximum Gasteiger partial charge on any atom is 0.344 e. The van der Waals surface area contributed by atoms with E-state index in [0.29, 0.717) is 16.7 Å². The number of nitrogens with two attached hydrogens (primary N) is 1. The number of nitro benzene ring substituents is 1. The van der Waals surface area contributed by atoms with Gasteiger partial charge in [0.25, 0.3) is 5.69 Å². The van der Waals surface area contributed by atoms with Crippen LogP contribution in [-0.2, 0) is 45.1 Å². The molecule has 0 fully saturated rings. The maximum atomic E-state index is 14.1. The summed E-state index contributed by atoms with van der Waals surface area (Å²) < 4.78 is 22.2. The fraction of sp³-hybridized carbons (Fsp3) is 0.189. The van der Waals surface area contributed by atoms with Crippen LogP contribution in [0.3, 0.4) is 0 Å². The van der Waals surface area contributed by atoms with Gasteiger partial charge in [-0.05, 0) is 41.2 Å². The van der Waals surface area contributed by atoms with Crippen LogP contribution in [0.15, 0.2) is 97.1 Å². The lowest BCUT2D eigenvalue weighted by atomic mass is 9.87. The number of carbonyl (C=O) groups is 4. The largest absolute Gasteiger partial charge is 0.497 e. The molecule has 5 rings (SSSR count). The molecular formula is C37H32N2O10. The highest BCUT2D eigenvalue weighted by Crippen LogP contribution is 2.36. The fourth-order valence-electron chi connectivity index (χ4n) is 5.43. The summed E-state index contributed by atoms with van der Waals surface area (Å²) in [4.78, 5) is 65.0. The summed E-state index contributed by atoms with van der Waals surface area (Å²) in [5.41, 5.74) is 6.80. The van der Waals surface area contributed by atoms with Crippen molar-refractivity contribution in [1.29, 1.82) is 0 Å². The number of hydrogen-bond acceptors (Lipinski definition) is 10. The zero-order chi connectivity index (χ0) is 34.9. The zero-order valence-electron chi connectivity index (χ0n) is 26.5. The van der Waals surface area contributed by atoms with Crippen molar-refractivity contribution in [2.75, 3.05) is 7.11 Å². The number of rotatable bonds is 11. The summed E-state index contributed by atoms with van der Waals surface area (Å²) in [6, 6.07) is 22.8. The van der Waals surface area contributed by atoms with Gasteiger partial charge in [-0.2, -0.15) is 0 Å². The third-order valence-electron chi connectivity index (χ3n) is 7.86. The molecule has 49 heavy (non-hydrogen) atoms. The van der Waals surface area contributed by atoms with Crippen molar-refractivity contribution in [2.45, 2.75) is 38.4 Å². The molecule has 0 saturated heterocycles. The number of ether oxygens (including phenoxy) is 4. The Kier molecular flexibility index (Phi) is 10.8. The number of allylic oxidation sites excluding steroid dienone is 2. The van der Waals surface area contributed by atoms with Crippen LogP contribution in [0.4, 0.5) is 5.69 Å². The Hall–Kier alpha value is -6.30. The smallest absolute Gasteiger partial charge is 0.344 e. The Labute approximate surface area is 281 Å². The average molecular weight is 665 g/mol. The van der Waals surface area contributed by atoms with Gasteiger partial charge in [-0.1, -0.05) is 72.8 Å². The number of carbonyl (C=O) groups excluding carboxylic acids is 4. The summed E-state index contributed by atoms with van der Waals surface area (Å²) in [5.74, 6) is -4.84. The van der Waals surface area contributed by atoms with Gasteiger partial charge in [0.15, 0.2) is 0 Å². The number of hydrogen-bond donors (Lipinski definition) is 1. The predicted octanol–water partition coefficient (Wildman–Crippen LogP) is 5.54. The molecule has 0 bridgehead atoms. The van der Waals surface area contributed by atoms with E-state index in [2.05, 4.69) is 0 Å². The number of amides is 1. The van der Waals surface area contributed by atoms with E-state index in [9.17, 15) is 29.3 Å². The molecule has 1 aliphatic heterocycles. The lowest BCUT2D eigenvalue weighted by Crippen LogP contribution is -2.25. The number of nitro groups is 1. The highest BCUT2D eigenvalue weighted by Gasteiger charge is 2.35. The second kappa shape index (κ2) is 15.5. The molecule has 0 aromatic heterocycles. The third-order valence-corrected chi connectivity index (χ3v) is 7.86. The number of primary amides is 1. The Morgan fingerprint density at radius 1 is 0.898 bits per heavy atom. The molecule has 12 nitrogen and oxygen atoms in total. The first kappa shape index (κ1) is 34.0. The first-order chi connectivity index (χ1) is 23.6. The van der Waals surface area contributed by atoms with Gasteiger partial charge in [-0.3, -0.25) is 24.5 Å². The average Bonchev–Trinajstić information content (AvgIpc) is 3.10. The van der Waals surface area contributed by atoms with Crippen LogP contribution in [0.25, 0.3) is 0 Å². The first-order valence-corrected chi connectivity index (χ1v) is 15.2. The lowest BCUT2D eigenvalue weighted by Gasteiger charge is -2.22. The van der Waals surface area contributed by atoms with Crippen molar-refractivity contribution in [1.82, 2.24) is 0 Å². The molecule has 0 aliphatic carbocycles. The van der Waals surface area contributed by atoms with Gasteiger partial charge in [0.05, 0.1) is 29.9 Å².